The van der Waals surface area contributed by atoms with Gasteiger partial charge in [0.2, 0.25) is 0 Å². The first kappa shape index (κ1) is 17.5. The van der Waals surface area contributed by atoms with Crippen LogP contribution in [0.5, 0.6) is 0 Å². The predicted octanol–water partition coefficient (Wildman–Crippen LogP) is 6.38. The lowest BCUT2D eigenvalue weighted by atomic mass is 9.81. The molecule has 140 valence electrons. The summed E-state index contributed by atoms with van der Waals surface area (Å²) in [4.78, 5) is 14.6. The number of thiophene rings is 1. The molecule has 2 heterocycles. The van der Waals surface area contributed by atoms with Gasteiger partial charge < -0.3 is 10.6 Å². The number of benzene rings is 2. The molecule has 2 atom stereocenters. The quantitative estimate of drug-likeness (QED) is 0.518. The summed E-state index contributed by atoms with van der Waals surface area (Å²) in [7, 11) is 0. The molecule has 3 nitrogen and oxygen atoms in total. The summed E-state index contributed by atoms with van der Waals surface area (Å²) in [6.45, 7) is 0. The van der Waals surface area contributed by atoms with Gasteiger partial charge in [-0.05, 0) is 47.7 Å². The lowest BCUT2D eigenvalue weighted by Gasteiger charge is -2.29. The summed E-state index contributed by atoms with van der Waals surface area (Å²) < 4.78 is 0. The third kappa shape index (κ3) is 3.13. The number of carbonyl (C=O) groups is 1. The van der Waals surface area contributed by atoms with E-state index in [0.717, 1.165) is 34.6 Å². The number of hydrogen-bond donors (Lipinski definition) is 2. The molecule has 3 aromatic rings. The summed E-state index contributed by atoms with van der Waals surface area (Å²) in [6.07, 6.45) is 1.38. The summed E-state index contributed by atoms with van der Waals surface area (Å²) >= 11 is 7.82. The second-order valence-corrected chi connectivity index (χ2v) is 8.65. The highest BCUT2D eigenvalue weighted by Crippen LogP contribution is 2.44. The number of ketones is 1. The van der Waals surface area contributed by atoms with E-state index in [-0.39, 0.29) is 17.7 Å². The molecule has 1 aromatic heterocycles. The fourth-order valence-corrected chi connectivity index (χ4v) is 5.08. The minimum Gasteiger partial charge on any atom is -0.372 e. The SMILES string of the molecule is O=C1CC(c2cccs2)CC2=C1C(c1ccc(Cl)cc1)Nc1ccccc1N2. The number of nitrogens with one attached hydrogen (secondary N) is 2. The van der Waals surface area contributed by atoms with Gasteiger partial charge in [0.05, 0.1) is 17.4 Å². The van der Waals surface area contributed by atoms with Crippen molar-refractivity contribution in [3.8, 4) is 0 Å². The minimum atomic E-state index is -0.194. The van der Waals surface area contributed by atoms with Gasteiger partial charge in [-0.25, -0.2) is 0 Å². The zero-order chi connectivity index (χ0) is 19.1. The van der Waals surface area contributed by atoms with Crippen molar-refractivity contribution in [1.82, 2.24) is 0 Å². The van der Waals surface area contributed by atoms with Crippen LogP contribution in [0.2, 0.25) is 5.02 Å². The average Bonchev–Trinajstić information content (AvgIpc) is 3.18. The van der Waals surface area contributed by atoms with Gasteiger partial charge in [0.15, 0.2) is 5.78 Å². The van der Waals surface area contributed by atoms with E-state index in [1.807, 2.05) is 42.5 Å². The Morgan fingerprint density at radius 1 is 0.929 bits per heavy atom. The molecule has 0 saturated carbocycles. The van der Waals surface area contributed by atoms with Crippen LogP contribution in [-0.4, -0.2) is 5.78 Å². The van der Waals surface area contributed by atoms with Gasteiger partial charge in [0.25, 0.3) is 0 Å². The van der Waals surface area contributed by atoms with E-state index in [1.54, 1.807) is 11.3 Å². The van der Waals surface area contributed by atoms with Gasteiger partial charge in [0, 0.05) is 33.5 Å². The summed E-state index contributed by atoms with van der Waals surface area (Å²) in [6, 6.07) is 19.9. The van der Waals surface area contributed by atoms with Crippen LogP contribution in [0.25, 0.3) is 0 Å². The van der Waals surface area contributed by atoms with Crippen LogP contribution < -0.4 is 10.6 Å². The number of anilines is 2. The second-order valence-electron chi connectivity index (χ2n) is 7.24. The van der Waals surface area contributed by atoms with Gasteiger partial charge in [-0.1, -0.05) is 41.9 Å². The number of rotatable bonds is 2. The topological polar surface area (TPSA) is 41.1 Å². The number of Topliss-reactive ketones (excluding diaryl/α,β-unsaturated/α-hetero) is 1. The lowest BCUT2D eigenvalue weighted by molar-refractivity contribution is -0.116. The number of para-hydroxylation sites is 2. The van der Waals surface area contributed by atoms with E-state index in [4.69, 9.17) is 11.6 Å². The highest BCUT2D eigenvalue weighted by atomic mass is 35.5. The third-order valence-electron chi connectivity index (χ3n) is 5.46. The smallest absolute Gasteiger partial charge is 0.163 e. The molecular weight excluding hydrogens is 388 g/mol. The second kappa shape index (κ2) is 7.12. The Bertz CT molecular complexity index is 1060. The van der Waals surface area contributed by atoms with Crippen LogP contribution in [0.1, 0.15) is 35.2 Å². The fourth-order valence-electron chi connectivity index (χ4n) is 4.12. The average molecular weight is 407 g/mol. The number of hydrogen-bond acceptors (Lipinski definition) is 4. The molecule has 0 amide bonds. The Morgan fingerprint density at radius 2 is 1.71 bits per heavy atom. The molecule has 1 aliphatic heterocycles. The Labute approximate surface area is 173 Å². The minimum absolute atomic E-state index is 0.194. The maximum atomic E-state index is 13.3. The zero-order valence-corrected chi connectivity index (χ0v) is 16.7. The van der Waals surface area contributed by atoms with Crippen molar-refractivity contribution < 1.29 is 4.79 Å². The van der Waals surface area contributed by atoms with Gasteiger partial charge in [0.1, 0.15) is 0 Å². The Morgan fingerprint density at radius 3 is 2.46 bits per heavy atom. The predicted molar refractivity (Wildman–Crippen MR) is 116 cm³/mol. The summed E-state index contributed by atoms with van der Waals surface area (Å²) in [5.41, 5.74) is 4.90. The van der Waals surface area contributed by atoms with E-state index < -0.39 is 0 Å². The van der Waals surface area contributed by atoms with Crippen molar-refractivity contribution in [2.45, 2.75) is 24.8 Å². The van der Waals surface area contributed by atoms with Crippen LogP contribution in [0.15, 0.2) is 77.3 Å². The molecule has 1 aliphatic carbocycles. The van der Waals surface area contributed by atoms with Gasteiger partial charge >= 0.3 is 0 Å². The first-order valence-corrected chi connectivity index (χ1v) is 10.6. The molecule has 5 rings (SSSR count). The maximum Gasteiger partial charge on any atom is 0.163 e. The summed E-state index contributed by atoms with van der Waals surface area (Å²) in [5, 5.41) is 9.94. The Balaban J connectivity index is 1.62. The van der Waals surface area contributed by atoms with Crippen molar-refractivity contribution in [2.24, 2.45) is 0 Å². The molecule has 2 aliphatic rings. The first-order chi connectivity index (χ1) is 13.7. The largest absolute Gasteiger partial charge is 0.372 e. The number of allylic oxidation sites excluding steroid dienone is 1. The Kier molecular flexibility index (Phi) is 4.46. The van der Waals surface area contributed by atoms with Crippen LogP contribution >= 0.6 is 22.9 Å². The van der Waals surface area contributed by atoms with E-state index >= 15 is 0 Å². The van der Waals surface area contributed by atoms with Crippen LogP contribution in [0.3, 0.4) is 0 Å². The monoisotopic (exact) mass is 406 g/mol. The molecule has 0 spiro atoms. The molecule has 28 heavy (non-hydrogen) atoms. The summed E-state index contributed by atoms with van der Waals surface area (Å²) in [5.74, 6) is 0.433. The molecule has 2 N–H and O–H groups in total. The van der Waals surface area contributed by atoms with Crippen LogP contribution in [-0.2, 0) is 4.79 Å². The molecule has 2 unspecified atom stereocenters. The number of carbonyl (C=O) groups excluding carboxylic acids is 1. The van der Waals surface area contributed by atoms with Gasteiger partial charge in [-0.2, -0.15) is 0 Å². The van der Waals surface area contributed by atoms with Gasteiger partial charge in [-0.15, -0.1) is 11.3 Å². The van der Waals surface area contributed by atoms with Crippen molar-refractivity contribution in [3.05, 3.63) is 92.8 Å². The van der Waals surface area contributed by atoms with Crippen molar-refractivity contribution in [1.29, 1.82) is 0 Å². The molecule has 0 radical (unpaired) electrons. The van der Waals surface area contributed by atoms with E-state index in [2.05, 4.69) is 34.2 Å². The number of fused-ring (bicyclic) bond motifs is 1. The zero-order valence-electron chi connectivity index (χ0n) is 15.1. The van der Waals surface area contributed by atoms with Crippen molar-refractivity contribution in [3.63, 3.8) is 0 Å². The molecule has 0 saturated heterocycles. The number of halogens is 1. The maximum absolute atomic E-state index is 13.3. The van der Waals surface area contributed by atoms with E-state index in [0.29, 0.717) is 11.4 Å². The molecule has 0 bridgehead atoms. The standard InChI is InChI=1S/C23H19ClN2OS/c24-16-9-7-14(8-10-16)23-22-19(25-17-4-1-2-5-18(17)26-23)12-15(13-20(22)27)21-6-3-11-28-21/h1-11,15,23,25-26H,12-13H2. The van der Waals surface area contributed by atoms with Crippen LogP contribution in [0, 0.1) is 0 Å². The third-order valence-corrected chi connectivity index (χ3v) is 6.74. The normalized spacial score (nSPS) is 21.2. The van der Waals surface area contributed by atoms with Crippen molar-refractivity contribution in [2.75, 3.05) is 10.6 Å². The first-order valence-electron chi connectivity index (χ1n) is 9.37. The Hall–Kier alpha value is -2.56. The van der Waals surface area contributed by atoms with Gasteiger partial charge in [-0.3, -0.25) is 4.79 Å². The van der Waals surface area contributed by atoms with Crippen LogP contribution in [0.4, 0.5) is 11.4 Å². The van der Waals surface area contributed by atoms with E-state index in [9.17, 15) is 4.79 Å². The van der Waals surface area contributed by atoms with Crippen molar-refractivity contribution >= 4 is 40.1 Å². The highest BCUT2D eigenvalue weighted by molar-refractivity contribution is 7.10. The lowest BCUT2D eigenvalue weighted by Crippen LogP contribution is -2.26. The molecule has 5 heteroatoms. The molecular formula is C23H19ClN2OS. The molecule has 2 aromatic carbocycles. The van der Waals surface area contributed by atoms with E-state index in [1.165, 1.54) is 4.88 Å². The molecule has 0 fully saturated rings. The highest BCUT2D eigenvalue weighted by Gasteiger charge is 2.36. The fraction of sp³-hybridized carbons (Fsp3) is 0.174.